The Balaban J connectivity index is 4.38. The summed E-state index contributed by atoms with van der Waals surface area (Å²) in [6.45, 7) is 6.62. The average Bonchev–Trinajstić information content (AvgIpc) is 3.33. The number of hydrogen-bond donors (Lipinski definition) is 0. The molecule has 0 fully saturated rings. The van der Waals surface area contributed by atoms with Gasteiger partial charge in [0.25, 0.3) is 0 Å². The molecule has 0 aliphatic carbocycles. The third-order valence-electron chi connectivity index (χ3n) is 12.8. The maximum Gasteiger partial charge on any atom is 0.306 e. The standard InChI is InChI=1S/C61H110O6/c1-4-7-10-13-16-19-22-25-28-30-32-33-36-39-42-45-48-51-54-60(63)66-57-58(56-65-59(62)53-50-47-44-41-38-35-27-24-21-18-15-12-9-6-3)67-61(64)55-52-49-46-43-40-37-34-31-29-26-23-20-17-14-11-8-5-2/h19,22,24,26-30,58H,4-18,20-21,23,25,31-57H2,1-3H3/b22-19-,27-24-,29-26-,30-28-. The topological polar surface area (TPSA) is 78.9 Å². The quantitative estimate of drug-likeness (QED) is 0.0262. The lowest BCUT2D eigenvalue weighted by Gasteiger charge is -2.18. The molecule has 0 radical (unpaired) electrons. The highest BCUT2D eigenvalue weighted by molar-refractivity contribution is 5.71. The zero-order chi connectivity index (χ0) is 48.6. The summed E-state index contributed by atoms with van der Waals surface area (Å²) in [5.41, 5.74) is 0. The van der Waals surface area contributed by atoms with Gasteiger partial charge in [-0.05, 0) is 103 Å². The first-order chi connectivity index (χ1) is 33.0. The van der Waals surface area contributed by atoms with E-state index in [9.17, 15) is 14.4 Å². The van der Waals surface area contributed by atoms with Crippen LogP contribution in [0.25, 0.3) is 0 Å². The highest BCUT2D eigenvalue weighted by Crippen LogP contribution is 2.15. The minimum Gasteiger partial charge on any atom is -0.462 e. The average molecular weight is 940 g/mol. The predicted octanol–water partition coefficient (Wildman–Crippen LogP) is 19.4. The Kier molecular flexibility index (Phi) is 53.8. The zero-order valence-corrected chi connectivity index (χ0v) is 44.7. The molecule has 1 unspecified atom stereocenters. The molecular formula is C61H110O6. The van der Waals surface area contributed by atoms with E-state index >= 15 is 0 Å². The molecule has 0 saturated carbocycles. The largest absolute Gasteiger partial charge is 0.462 e. The van der Waals surface area contributed by atoms with Gasteiger partial charge >= 0.3 is 17.9 Å². The van der Waals surface area contributed by atoms with Crippen LogP contribution in [-0.2, 0) is 28.6 Å². The van der Waals surface area contributed by atoms with Gasteiger partial charge in [0.1, 0.15) is 13.2 Å². The van der Waals surface area contributed by atoms with Crippen LogP contribution in [0.5, 0.6) is 0 Å². The molecule has 0 spiro atoms. The van der Waals surface area contributed by atoms with Crippen molar-refractivity contribution >= 4 is 17.9 Å². The van der Waals surface area contributed by atoms with Crippen molar-refractivity contribution in [1.29, 1.82) is 0 Å². The van der Waals surface area contributed by atoms with Crippen molar-refractivity contribution < 1.29 is 28.6 Å². The Hall–Kier alpha value is -2.63. The summed E-state index contributed by atoms with van der Waals surface area (Å²) in [4.78, 5) is 38.2. The van der Waals surface area contributed by atoms with Gasteiger partial charge < -0.3 is 14.2 Å². The maximum atomic E-state index is 12.9. The minimum absolute atomic E-state index is 0.0802. The zero-order valence-electron chi connectivity index (χ0n) is 44.7. The summed E-state index contributed by atoms with van der Waals surface area (Å²) < 4.78 is 16.9. The molecule has 0 aromatic heterocycles. The van der Waals surface area contributed by atoms with Gasteiger partial charge in [-0.15, -0.1) is 0 Å². The van der Waals surface area contributed by atoms with Crippen molar-refractivity contribution in [2.45, 2.75) is 309 Å². The smallest absolute Gasteiger partial charge is 0.306 e. The van der Waals surface area contributed by atoms with Gasteiger partial charge in [0.15, 0.2) is 6.10 Å². The number of esters is 3. The summed E-state index contributed by atoms with van der Waals surface area (Å²) in [5, 5.41) is 0. The van der Waals surface area contributed by atoms with Gasteiger partial charge in [0.05, 0.1) is 0 Å². The summed E-state index contributed by atoms with van der Waals surface area (Å²) in [6, 6.07) is 0. The lowest BCUT2D eigenvalue weighted by molar-refractivity contribution is -0.167. The Bertz CT molecular complexity index is 1170. The van der Waals surface area contributed by atoms with E-state index in [1.807, 2.05) is 0 Å². The summed E-state index contributed by atoms with van der Waals surface area (Å²) in [5.74, 6) is -0.887. The second-order valence-electron chi connectivity index (χ2n) is 19.5. The highest BCUT2D eigenvalue weighted by atomic mass is 16.6. The van der Waals surface area contributed by atoms with E-state index in [2.05, 4.69) is 69.4 Å². The van der Waals surface area contributed by atoms with E-state index in [-0.39, 0.29) is 31.1 Å². The molecule has 0 saturated heterocycles. The molecule has 390 valence electrons. The van der Waals surface area contributed by atoms with Gasteiger partial charge in [0.2, 0.25) is 0 Å². The van der Waals surface area contributed by atoms with Crippen LogP contribution in [0.2, 0.25) is 0 Å². The van der Waals surface area contributed by atoms with Crippen molar-refractivity contribution in [3.8, 4) is 0 Å². The Labute approximate surface area is 416 Å². The molecule has 67 heavy (non-hydrogen) atoms. The molecule has 0 N–H and O–H groups in total. The highest BCUT2D eigenvalue weighted by Gasteiger charge is 2.19. The maximum absolute atomic E-state index is 12.9. The van der Waals surface area contributed by atoms with Gasteiger partial charge in [-0.2, -0.15) is 0 Å². The number of rotatable bonds is 53. The molecule has 0 aromatic carbocycles. The van der Waals surface area contributed by atoms with Crippen molar-refractivity contribution in [3.63, 3.8) is 0 Å². The molecule has 0 amide bonds. The fourth-order valence-corrected chi connectivity index (χ4v) is 8.35. The van der Waals surface area contributed by atoms with Gasteiger partial charge in [-0.1, -0.05) is 230 Å². The number of hydrogen-bond acceptors (Lipinski definition) is 6. The van der Waals surface area contributed by atoms with Crippen LogP contribution in [0.4, 0.5) is 0 Å². The lowest BCUT2D eigenvalue weighted by atomic mass is 10.1. The second-order valence-corrected chi connectivity index (χ2v) is 19.5. The Morgan fingerprint density at radius 2 is 0.537 bits per heavy atom. The third-order valence-corrected chi connectivity index (χ3v) is 12.8. The van der Waals surface area contributed by atoms with Crippen LogP contribution < -0.4 is 0 Å². The van der Waals surface area contributed by atoms with Crippen molar-refractivity contribution in [1.82, 2.24) is 0 Å². The molecule has 0 bridgehead atoms. The summed E-state index contributed by atoms with van der Waals surface area (Å²) >= 11 is 0. The number of carbonyl (C=O) groups is 3. The van der Waals surface area contributed by atoms with E-state index in [1.54, 1.807) is 0 Å². The lowest BCUT2D eigenvalue weighted by Crippen LogP contribution is -2.30. The molecule has 0 aromatic rings. The van der Waals surface area contributed by atoms with Crippen LogP contribution in [-0.4, -0.2) is 37.2 Å². The van der Waals surface area contributed by atoms with Gasteiger partial charge in [-0.3, -0.25) is 14.4 Å². The van der Waals surface area contributed by atoms with Crippen LogP contribution in [0, 0.1) is 0 Å². The van der Waals surface area contributed by atoms with Crippen LogP contribution in [0.3, 0.4) is 0 Å². The Morgan fingerprint density at radius 1 is 0.299 bits per heavy atom. The minimum atomic E-state index is -0.781. The normalized spacial score (nSPS) is 12.3. The Morgan fingerprint density at radius 3 is 0.851 bits per heavy atom. The molecule has 0 heterocycles. The number of carbonyl (C=O) groups excluding carboxylic acids is 3. The first-order valence-corrected chi connectivity index (χ1v) is 29.1. The summed E-state index contributed by atoms with van der Waals surface area (Å²) in [7, 11) is 0. The van der Waals surface area contributed by atoms with E-state index in [1.165, 1.54) is 186 Å². The molecule has 0 aliphatic heterocycles. The predicted molar refractivity (Wildman–Crippen MR) is 289 cm³/mol. The van der Waals surface area contributed by atoms with Crippen LogP contribution in [0.15, 0.2) is 48.6 Å². The first-order valence-electron chi connectivity index (χ1n) is 29.1. The molecular weight excluding hydrogens is 829 g/mol. The van der Waals surface area contributed by atoms with Crippen LogP contribution in [0.1, 0.15) is 303 Å². The second kappa shape index (κ2) is 56.0. The number of allylic oxidation sites excluding steroid dienone is 8. The molecule has 1 atom stereocenters. The summed E-state index contributed by atoms with van der Waals surface area (Å²) in [6.07, 6.45) is 68.1. The first kappa shape index (κ1) is 64.4. The monoisotopic (exact) mass is 939 g/mol. The molecule has 0 rings (SSSR count). The molecule has 6 nitrogen and oxygen atoms in total. The van der Waals surface area contributed by atoms with Gasteiger partial charge in [0, 0.05) is 19.3 Å². The van der Waals surface area contributed by atoms with Crippen molar-refractivity contribution in [2.24, 2.45) is 0 Å². The number of ether oxygens (including phenoxy) is 3. The van der Waals surface area contributed by atoms with Crippen LogP contribution >= 0.6 is 0 Å². The van der Waals surface area contributed by atoms with E-state index in [4.69, 9.17) is 14.2 Å². The molecule has 6 heteroatoms. The van der Waals surface area contributed by atoms with Crippen molar-refractivity contribution in [2.75, 3.05) is 13.2 Å². The van der Waals surface area contributed by atoms with E-state index in [0.29, 0.717) is 19.3 Å². The third kappa shape index (κ3) is 54.2. The SMILES string of the molecule is CCCCCC/C=C\C/C=C\CCCCCCCCCC(=O)OCC(COC(=O)CCCCCCC/C=C\CCCCCCC)OC(=O)CCCCCCCCC/C=C\CCCCCCCC. The molecule has 0 aliphatic rings. The fraction of sp³-hybridized carbons (Fsp3) is 0.820. The van der Waals surface area contributed by atoms with E-state index in [0.717, 1.165) is 77.0 Å². The van der Waals surface area contributed by atoms with E-state index < -0.39 is 6.10 Å². The van der Waals surface area contributed by atoms with Gasteiger partial charge in [-0.25, -0.2) is 0 Å². The van der Waals surface area contributed by atoms with Crippen molar-refractivity contribution in [3.05, 3.63) is 48.6 Å². The number of unbranched alkanes of at least 4 members (excludes halogenated alkanes) is 34. The fourth-order valence-electron chi connectivity index (χ4n) is 8.35.